The van der Waals surface area contributed by atoms with E-state index >= 15 is 0 Å². The molecule has 0 unspecified atom stereocenters. The first-order valence-electron chi connectivity index (χ1n) is 11.1. The van der Waals surface area contributed by atoms with E-state index in [1.54, 1.807) is 20.8 Å². The first-order chi connectivity index (χ1) is 16.5. The van der Waals surface area contributed by atoms with Gasteiger partial charge in [-0.25, -0.2) is 0 Å². The number of aliphatic hydroxyl groups is 1. The van der Waals surface area contributed by atoms with E-state index in [4.69, 9.17) is 19.7 Å². The van der Waals surface area contributed by atoms with Crippen LogP contribution in [-0.4, -0.2) is 71.9 Å². The first-order valence-corrected chi connectivity index (χ1v) is 11.1. The SMILES string of the molecule is CC(C)(C)OC(=O)CCCO.CC(C)(C)OC(=O)CCCOC(F)(F)F.O=C(O)CCCOC(F)(F)F. The number of hydrogen-bond donors (Lipinski definition) is 2. The third-order valence-electron chi connectivity index (χ3n) is 2.97. The molecule has 0 aliphatic heterocycles. The van der Waals surface area contributed by atoms with E-state index in [-0.39, 0.29) is 38.3 Å². The minimum absolute atomic E-state index is 0.00553. The summed E-state index contributed by atoms with van der Waals surface area (Å²) in [6.45, 7) is 9.46. The lowest BCUT2D eigenvalue weighted by Gasteiger charge is -2.19. The highest BCUT2D eigenvalue weighted by Gasteiger charge is 2.29. The van der Waals surface area contributed by atoms with Gasteiger partial charge in [0, 0.05) is 25.9 Å². The molecule has 15 heteroatoms. The van der Waals surface area contributed by atoms with E-state index in [9.17, 15) is 40.7 Å². The minimum Gasteiger partial charge on any atom is -0.481 e. The molecular formula is C22H38F6O9. The fourth-order valence-corrected chi connectivity index (χ4v) is 1.82. The third kappa shape index (κ3) is 44.3. The van der Waals surface area contributed by atoms with Crippen LogP contribution in [0.25, 0.3) is 0 Å². The Kier molecular flexibility index (Phi) is 20.2. The molecule has 2 N–H and O–H groups in total. The highest BCUT2D eigenvalue weighted by atomic mass is 19.4. The zero-order valence-corrected chi connectivity index (χ0v) is 21.9. The molecule has 0 amide bonds. The van der Waals surface area contributed by atoms with Crippen molar-refractivity contribution in [1.82, 2.24) is 0 Å². The number of carboxylic acids is 1. The zero-order valence-electron chi connectivity index (χ0n) is 21.9. The van der Waals surface area contributed by atoms with Crippen LogP contribution in [0, 0.1) is 0 Å². The number of carboxylic acid groups (broad SMARTS) is 1. The van der Waals surface area contributed by atoms with Gasteiger partial charge in [-0.15, -0.1) is 26.3 Å². The molecule has 0 rings (SSSR count). The molecule has 0 aromatic heterocycles. The molecule has 37 heavy (non-hydrogen) atoms. The molecule has 0 aromatic carbocycles. The van der Waals surface area contributed by atoms with E-state index in [0.29, 0.717) is 12.8 Å². The molecule has 0 spiro atoms. The quantitative estimate of drug-likeness (QED) is 0.201. The summed E-state index contributed by atoms with van der Waals surface area (Å²) in [5.74, 6) is -1.89. The Morgan fingerprint density at radius 3 is 1.22 bits per heavy atom. The summed E-state index contributed by atoms with van der Waals surface area (Å²) in [5, 5.41) is 16.4. The van der Waals surface area contributed by atoms with Crippen LogP contribution in [0.15, 0.2) is 0 Å². The molecular weight excluding hydrogens is 522 g/mol. The maximum Gasteiger partial charge on any atom is 0.522 e. The lowest BCUT2D eigenvalue weighted by atomic mass is 10.2. The number of aliphatic hydroxyl groups excluding tert-OH is 1. The van der Waals surface area contributed by atoms with Gasteiger partial charge in [-0.05, 0) is 60.8 Å². The second-order valence-electron chi connectivity index (χ2n) is 9.19. The molecule has 222 valence electrons. The summed E-state index contributed by atoms with van der Waals surface area (Å²) in [7, 11) is 0. The van der Waals surface area contributed by atoms with Crippen LogP contribution < -0.4 is 0 Å². The van der Waals surface area contributed by atoms with Crippen molar-refractivity contribution in [3.8, 4) is 0 Å². The van der Waals surface area contributed by atoms with E-state index in [0.717, 1.165) is 0 Å². The average molecular weight is 561 g/mol. The summed E-state index contributed by atoms with van der Waals surface area (Å²) in [4.78, 5) is 31.7. The number of aliphatic carboxylic acids is 1. The van der Waals surface area contributed by atoms with Crippen LogP contribution in [0.4, 0.5) is 26.3 Å². The topological polar surface area (TPSA) is 129 Å². The molecule has 0 heterocycles. The lowest BCUT2D eigenvalue weighted by molar-refractivity contribution is -0.325. The standard InChI is InChI=1S/C9H15F3O3.C8H16O3.C5H7F3O3/c1-8(2,3)15-7(13)5-4-6-14-9(10,11)12;1-8(2,3)11-7(10)5-4-6-9;6-5(7,8)11-3-1-2-4(9)10/h4-6H2,1-3H3;9H,4-6H2,1-3H3;1-3H2,(H,9,10). The Labute approximate surface area is 212 Å². The normalized spacial score (nSPS) is 11.9. The fourth-order valence-electron chi connectivity index (χ4n) is 1.82. The first kappa shape index (κ1) is 39.4. The predicted octanol–water partition coefficient (Wildman–Crippen LogP) is 5.13. The predicted molar refractivity (Wildman–Crippen MR) is 118 cm³/mol. The second-order valence-corrected chi connectivity index (χ2v) is 9.19. The number of esters is 2. The monoisotopic (exact) mass is 560 g/mol. The summed E-state index contributed by atoms with van der Waals surface area (Å²) in [6.07, 6.45) is -9.03. The van der Waals surface area contributed by atoms with Crippen molar-refractivity contribution in [1.29, 1.82) is 0 Å². The van der Waals surface area contributed by atoms with Crippen LogP contribution >= 0.6 is 0 Å². The van der Waals surface area contributed by atoms with Gasteiger partial charge in [0.2, 0.25) is 0 Å². The second kappa shape index (κ2) is 19.0. The Bertz CT molecular complexity index is 637. The largest absolute Gasteiger partial charge is 0.522 e. The van der Waals surface area contributed by atoms with E-state index in [1.807, 2.05) is 20.8 Å². The molecule has 0 aliphatic rings. The zero-order chi connectivity index (χ0) is 29.9. The van der Waals surface area contributed by atoms with Crippen molar-refractivity contribution in [2.45, 2.75) is 104 Å². The summed E-state index contributed by atoms with van der Waals surface area (Å²) >= 11 is 0. The number of ether oxygens (including phenoxy) is 4. The summed E-state index contributed by atoms with van der Waals surface area (Å²) in [5.41, 5.74) is -1.02. The van der Waals surface area contributed by atoms with Crippen molar-refractivity contribution >= 4 is 17.9 Å². The van der Waals surface area contributed by atoms with Crippen molar-refractivity contribution in [2.75, 3.05) is 19.8 Å². The fraction of sp³-hybridized carbons (Fsp3) is 0.864. The Balaban J connectivity index is -0.000000478. The Hall–Kier alpha value is -2.13. The Morgan fingerprint density at radius 1 is 0.622 bits per heavy atom. The number of halogens is 6. The number of alkyl halides is 6. The van der Waals surface area contributed by atoms with Crippen LogP contribution in [-0.2, 0) is 33.3 Å². The van der Waals surface area contributed by atoms with Crippen LogP contribution in [0.2, 0.25) is 0 Å². The number of carbonyl (C=O) groups excluding carboxylic acids is 2. The molecule has 0 radical (unpaired) electrons. The van der Waals surface area contributed by atoms with Crippen molar-refractivity contribution < 1.29 is 69.9 Å². The highest BCUT2D eigenvalue weighted by Crippen LogP contribution is 2.17. The van der Waals surface area contributed by atoms with Gasteiger partial charge in [0.1, 0.15) is 11.2 Å². The van der Waals surface area contributed by atoms with Gasteiger partial charge >= 0.3 is 30.6 Å². The molecule has 9 nitrogen and oxygen atoms in total. The molecule has 0 aromatic rings. The molecule has 0 bridgehead atoms. The van der Waals surface area contributed by atoms with Crippen molar-refractivity contribution in [3.63, 3.8) is 0 Å². The maximum atomic E-state index is 11.5. The van der Waals surface area contributed by atoms with Gasteiger partial charge in [0.15, 0.2) is 0 Å². The molecule has 0 fully saturated rings. The average Bonchev–Trinajstić information content (AvgIpc) is 2.64. The number of carbonyl (C=O) groups is 3. The molecule has 0 aliphatic carbocycles. The third-order valence-corrected chi connectivity index (χ3v) is 2.97. The summed E-state index contributed by atoms with van der Waals surface area (Å²) in [6, 6.07) is 0. The van der Waals surface area contributed by atoms with Gasteiger partial charge in [0.25, 0.3) is 0 Å². The number of rotatable bonds is 11. The van der Waals surface area contributed by atoms with Crippen LogP contribution in [0.1, 0.15) is 80.1 Å². The minimum atomic E-state index is -4.65. The summed E-state index contributed by atoms with van der Waals surface area (Å²) < 4.78 is 84.9. The van der Waals surface area contributed by atoms with Crippen LogP contribution in [0.3, 0.4) is 0 Å². The van der Waals surface area contributed by atoms with Gasteiger partial charge in [-0.1, -0.05) is 0 Å². The van der Waals surface area contributed by atoms with E-state index in [2.05, 4.69) is 9.47 Å². The lowest BCUT2D eigenvalue weighted by Crippen LogP contribution is -2.24. The van der Waals surface area contributed by atoms with E-state index < -0.39 is 49.1 Å². The number of hydrogen-bond acceptors (Lipinski definition) is 8. The molecule has 0 atom stereocenters. The van der Waals surface area contributed by atoms with Gasteiger partial charge in [-0.2, -0.15) is 0 Å². The molecule has 0 saturated carbocycles. The molecule has 0 saturated heterocycles. The smallest absolute Gasteiger partial charge is 0.481 e. The van der Waals surface area contributed by atoms with Gasteiger partial charge < -0.3 is 19.7 Å². The van der Waals surface area contributed by atoms with Gasteiger partial charge in [0.05, 0.1) is 13.2 Å². The van der Waals surface area contributed by atoms with Crippen molar-refractivity contribution in [3.05, 3.63) is 0 Å². The van der Waals surface area contributed by atoms with Crippen LogP contribution in [0.5, 0.6) is 0 Å². The maximum absolute atomic E-state index is 11.5. The van der Waals surface area contributed by atoms with Gasteiger partial charge in [-0.3, -0.25) is 23.9 Å². The Morgan fingerprint density at radius 2 is 0.946 bits per heavy atom. The van der Waals surface area contributed by atoms with E-state index in [1.165, 1.54) is 0 Å². The van der Waals surface area contributed by atoms with Crippen molar-refractivity contribution in [2.24, 2.45) is 0 Å². The highest BCUT2D eigenvalue weighted by molar-refractivity contribution is 5.70.